The Morgan fingerprint density at radius 3 is 2.63 bits per heavy atom. The monoisotopic (exact) mass is 403 g/mol. The second kappa shape index (κ2) is 6.97. The van der Waals surface area contributed by atoms with Crippen molar-refractivity contribution in [2.24, 2.45) is 17.3 Å². The Morgan fingerprint density at radius 1 is 1.10 bits per heavy atom. The summed E-state index contributed by atoms with van der Waals surface area (Å²) in [7, 11) is 0. The Morgan fingerprint density at radius 2 is 1.87 bits per heavy atom. The molecule has 4 nitrogen and oxygen atoms in total. The fourth-order valence-electron chi connectivity index (χ4n) is 6.09. The van der Waals surface area contributed by atoms with Crippen molar-refractivity contribution in [2.45, 2.75) is 59.1 Å². The van der Waals surface area contributed by atoms with Crippen LogP contribution in [0.1, 0.15) is 52.9 Å². The summed E-state index contributed by atoms with van der Waals surface area (Å²) in [4.78, 5) is 27.2. The molecule has 0 bridgehead atoms. The first kappa shape index (κ1) is 19.3. The van der Waals surface area contributed by atoms with E-state index in [1.54, 1.807) is 22.3 Å². The molecular weight excluding hydrogens is 374 g/mol. The topological polar surface area (TPSA) is 46.6 Å². The van der Waals surface area contributed by atoms with Crippen molar-refractivity contribution in [1.29, 1.82) is 0 Å². The van der Waals surface area contributed by atoms with E-state index in [0.717, 1.165) is 17.7 Å². The maximum absolute atomic E-state index is 12.9. The second-order valence-electron chi connectivity index (χ2n) is 9.76. The van der Waals surface area contributed by atoms with E-state index in [1.165, 1.54) is 19.3 Å². The van der Waals surface area contributed by atoms with Crippen LogP contribution in [-0.2, 0) is 14.3 Å². The number of fused-ring (bicyclic) bond motifs is 2. The Labute approximate surface area is 178 Å². The van der Waals surface area contributed by atoms with Crippen molar-refractivity contribution < 1.29 is 14.3 Å². The lowest BCUT2D eigenvalue weighted by molar-refractivity contribution is -0.115. The molecule has 0 spiro atoms. The highest BCUT2D eigenvalue weighted by Crippen LogP contribution is 2.58. The number of anilines is 1. The molecule has 1 aromatic carbocycles. The summed E-state index contributed by atoms with van der Waals surface area (Å²) in [5.74, 6) is 0.728. The molecule has 1 saturated carbocycles. The quantitative estimate of drug-likeness (QED) is 0.390. The Bertz CT molecular complexity index is 998. The molecule has 30 heavy (non-hydrogen) atoms. The molecule has 3 unspecified atom stereocenters. The van der Waals surface area contributed by atoms with Crippen molar-refractivity contribution in [1.82, 2.24) is 0 Å². The largest absolute Gasteiger partial charge is 0.474 e. The number of Topliss-reactive ketones (excluding diaryl/α,β-unsaturated/α-hetero) is 1. The van der Waals surface area contributed by atoms with Gasteiger partial charge >= 0.3 is 0 Å². The van der Waals surface area contributed by atoms with Crippen molar-refractivity contribution in [3.8, 4) is 0 Å². The fourth-order valence-corrected chi connectivity index (χ4v) is 6.09. The third kappa shape index (κ3) is 2.96. The second-order valence-corrected chi connectivity index (χ2v) is 9.76. The number of hydrogen-bond acceptors (Lipinski definition) is 3. The highest BCUT2D eigenvalue weighted by Gasteiger charge is 2.50. The smallest absolute Gasteiger partial charge is 0.257 e. The number of amides is 1. The molecule has 1 fully saturated rings. The summed E-state index contributed by atoms with van der Waals surface area (Å²) >= 11 is 0. The van der Waals surface area contributed by atoms with E-state index in [-0.39, 0.29) is 23.0 Å². The SMILES string of the molecule is CC1=CC(O/C=C2/C(=O)CC3C4=C(CCCC4(C)C)CC23)N(c2ccccc2)C1=O. The van der Waals surface area contributed by atoms with E-state index in [9.17, 15) is 9.59 Å². The van der Waals surface area contributed by atoms with Gasteiger partial charge in [0.1, 0.15) is 0 Å². The van der Waals surface area contributed by atoms with E-state index in [4.69, 9.17) is 4.74 Å². The van der Waals surface area contributed by atoms with Crippen LogP contribution in [0.5, 0.6) is 0 Å². The lowest BCUT2D eigenvalue weighted by Crippen LogP contribution is -2.35. The van der Waals surface area contributed by atoms with Crippen molar-refractivity contribution >= 4 is 17.4 Å². The summed E-state index contributed by atoms with van der Waals surface area (Å²) in [6.07, 6.45) is 8.21. The molecule has 1 amide bonds. The van der Waals surface area contributed by atoms with Gasteiger partial charge in [0.2, 0.25) is 0 Å². The van der Waals surface area contributed by atoms with Gasteiger partial charge in [-0.25, -0.2) is 0 Å². The van der Waals surface area contributed by atoms with Crippen LogP contribution in [0.2, 0.25) is 0 Å². The van der Waals surface area contributed by atoms with E-state index >= 15 is 0 Å². The van der Waals surface area contributed by atoms with E-state index < -0.39 is 6.23 Å². The summed E-state index contributed by atoms with van der Waals surface area (Å²) in [6, 6.07) is 9.56. The number of carbonyl (C=O) groups is 2. The Balaban J connectivity index is 1.40. The minimum absolute atomic E-state index is 0.0556. The van der Waals surface area contributed by atoms with Gasteiger partial charge in [-0.2, -0.15) is 0 Å². The molecule has 1 aromatic rings. The maximum Gasteiger partial charge on any atom is 0.257 e. The molecule has 0 N–H and O–H groups in total. The predicted molar refractivity (Wildman–Crippen MR) is 117 cm³/mol. The average Bonchev–Trinajstić information content (AvgIpc) is 3.30. The normalized spacial score (nSPS) is 31.3. The molecule has 4 aliphatic rings. The number of nitrogens with zero attached hydrogens (tertiary/aromatic N) is 1. The summed E-state index contributed by atoms with van der Waals surface area (Å²) in [5, 5.41) is 0. The molecule has 4 heteroatoms. The number of ketones is 1. The van der Waals surface area contributed by atoms with Gasteiger partial charge in [-0.05, 0) is 62.1 Å². The zero-order valence-corrected chi connectivity index (χ0v) is 18.0. The molecular formula is C26H29NO3. The van der Waals surface area contributed by atoms with Crippen LogP contribution in [-0.4, -0.2) is 17.9 Å². The van der Waals surface area contributed by atoms with Crippen LogP contribution in [0.15, 0.2) is 65.0 Å². The van der Waals surface area contributed by atoms with E-state index in [2.05, 4.69) is 13.8 Å². The van der Waals surface area contributed by atoms with Gasteiger partial charge in [0, 0.05) is 29.2 Å². The minimum atomic E-state index is -0.514. The number of hydrogen-bond donors (Lipinski definition) is 0. The molecule has 0 aromatic heterocycles. The van der Waals surface area contributed by atoms with E-state index in [1.807, 2.05) is 43.3 Å². The number of benzene rings is 1. The molecule has 0 radical (unpaired) electrons. The van der Waals surface area contributed by atoms with Gasteiger partial charge in [0.05, 0.1) is 6.26 Å². The lowest BCUT2D eigenvalue weighted by Gasteiger charge is -2.35. The average molecular weight is 404 g/mol. The molecule has 156 valence electrons. The first-order valence-electron chi connectivity index (χ1n) is 11.0. The van der Waals surface area contributed by atoms with Crippen LogP contribution < -0.4 is 4.90 Å². The first-order valence-corrected chi connectivity index (χ1v) is 11.0. The van der Waals surface area contributed by atoms with Gasteiger partial charge in [0.15, 0.2) is 12.0 Å². The number of para-hydroxylation sites is 1. The first-order chi connectivity index (χ1) is 14.4. The third-order valence-electron chi connectivity index (χ3n) is 7.41. The van der Waals surface area contributed by atoms with Crippen LogP contribution in [0.25, 0.3) is 0 Å². The third-order valence-corrected chi connectivity index (χ3v) is 7.41. The number of rotatable bonds is 3. The van der Waals surface area contributed by atoms with Gasteiger partial charge in [0.25, 0.3) is 5.91 Å². The standard InChI is InChI=1S/C26H29NO3/c1-16-12-23(27(25(16)29)18-9-5-4-6-10-18)30-15-21-19-13-17-8-7-11-26(2,3)24(17)20(19)14-22(21)28/h4-6,9-10,12,15,19-20,23H,7-8,11,13-14H2,1-3H3/b21-15+. The molecule has 0 saturated heterocycles. The van der Waals surface area contributed by atoms with Crippen LogP contribution in [0.3, 0.4) is 0 Å². The summed E-state index contributed by atoms with van der Waals surface area (Å²) in [5.41, 5.74) is 5.60. The molecule has 1 aliphatic heterocycles. The predicted octanol–water partition coefficient (Wildman–Crippen LogP) is 5.32. The number of ether oxygens (including phenoxy) is 1. The van der Waals surface area contributed by atoms with Gasteiger partial charge in [-0.15, -0.1) is 0 Å². The Kier molecular flexibility index (Phi) is 4.49. The summed E-state index contributed by atoms with van der Waals surface area (Å²) < 4.78 is 6.11. The fraction of sp³-hybridized carbons (Fsp3) is 0.462. The Hall–Kier alpha value is -2.62. The number of allylic oxidation sites excluding steroid dienone is 3. The zero-order chi connectivity index (χ0) is 21.0. The van der Waals surface area contributed by atoms with Crippen LogP contribution in [0.4, 0.5) is 5.69 Å². The maximum atomic E-state index is 12.9. The molecule has 1 heterocycles. The van der Waals surface area contributed by atoms with Gasteiger partial charge in [-0.3, -0.25) is 14.5 Å². The summed E-state index contributed by atoms with van der Waals surface area (Å²) in [6.45, 7) is 6.48. The highest BCUT2D eigenvalue weighted by atomic mass is 16.5. The van der Waals surface area contributed by atoms with Crippen molar-refractivity contribution in [3.05, 3.63) is 65.0 Å². The lowest BCUT2D eigenvalue weighted by atomic mass is 9.70. The van der Waals surface area contributed by atoms with E-state index in [0.29, 0.717) is 17.9 Å². The highest BCUT2D eigenvalue weighted by molar-refractivity contribution is 6.08. The molecule has 3 atom stereocenters. The van der Waals surface area contributed by atoms with Crippen molar-refractivity contribution in [2.75, 3.05) is 4.90 Å². The zero-order valence-electron chi connectivity index (χ0n) is 18.0. The minimum Gasteiger partial charge on any atom is -0.474 e. The molecule has 5 rings (SSSR count). The van der Waals surface area contributed by atoms with Gasteiger partial charge in [-0.1, -0.05) is 43.2 Å². The number of carbonyl (C=O) groups excluding carboxylic acids is 2. The van der Waals surface area contributed by atoms with Crippen LogP contribution >= 0.6 is 0 Å². The van der Waals surface area contributed by atoms with Crippen LogP contribution in [0, 0.1) is 17.3 Å². The van der Waals surface area contributed by atoms with Gasteiger partial charge < -0.3 is 4.74 Å². The van der Waals surface area contributed by atoms with Crippen molar-refractivity contribution in [3.63, 3.8) is 0 Å². The molecule has 3 aliphatic carbocycles.